The van der Waals surface area contributed by atoms with Gasteiger partial charge in [-0.25, -0.2) is 0 Å². The standard InChI is InChI=1S/C13H21.Na/c1-12(2,3)10-7-8-11(9-10)13(4,5)6;/h7-9H,1-6H3;/q;+1. The van der Waals surface area contributed by atoms with E-state index < -0.39 is 0 Å². The molecule has 73 valence electrons. The largest absolute Gasteiger partial charge is 1.00 e. The Morgan fingerprint density at radius 2 is 1.00 bits per heavy atom. The van der Waals surface area contributed by atoms with Crippen LogP contribution < -0.4 is 29.6 Å². The van der Waals surface area contributed by atoms with Gasteiger partial charge in [0.25, 0.3) is 0 Å². The van der Waals surface area contributed by atoms with Crippen molar-refractivity contribution in [3.8, 4) is 0 Å². The van der Waals surface area contributed by atoms with Crippen LogP contribution in [0.25, 0.3) is 0 Å². The molecule has 14 heavy (non-hydrogen) atoms. The van der Waals surface area contributed by atoms with Gasteiger partial charge in [0.1, 0.15) is 0 Å². The topological polar surface area (TPSA) is 0 Å². The molecule has 0 spiro atoms. The first-order valence-electron chi connectivity index (χ1n) is 4.99. The van der Waals surface area contributed by atoms with E-state index in [9.17, 15) is 0 Å². The van der Waals surface area contributed by atoms with E-state index in [1.807, 2.05) is 0 Å². The van der Waals surface area contributed by atoms with Gasteiger partial charge in [-0.3, -0.25) is 0 Å². The van der Waals surface area contributed by atoms with Crippen molar-refractivity contribution < 1.29 is 29.6 Å². The van der Waals surface area contributed by atoms with E-state index in [-0.39, 0.29) is 40.4 Å². The molecule has 0 aromatic carbocycles. The number of rotatable bonds is 0. The molecule has 0 amide bonds. The Balaban J connectivity index is 0.00000169. The summed E-state index contributed by atoms with van der Waals surface area (Å²) >= 11 is 0. The van der Waals surface area contributed by atoms with E-state index in [1.165, 1.54) is 11.8 Å². The second kappa shape index (κ2) is 4.89. The zero-order valence-corrected chi connectivity index (χ0v) is 12.7. The van der Waals surface area contributed by atoms with Gasteiger partial charge in [-0.2, -0.15) is 0 Å². The van der Waals surface area contributed by atoms with Gasteiger partial charge in [0.2, 0.25) is 0 Å². The fourth-order valence-corrected chi connectivity index (χ4v) is 1.38. The van der Waals surface area contributed by atoms with Crippen LogP contribution in [0.15, 0.2) is 0 Å². The molecule has 0 atom stereocenters. The van der Waals surface area contributed by atoms with E-state index >= 15 is 0 Å². The molecule has 5 radical (unpaired) electrons. The van der Waals surface area contributed by atoms with Gasteiger partial charge in [0, 0.05) is 0 Å². The second-order valence-electron chi connectivity index (χ2n) is 5.89. The molecule has 0 aromatic rings. The predicted octanol–water partition coefficient (Wildman–Crippen LogP) is 0.858. The predicted molar refractivity (Wildman–Crippen MR) is 58.3 cm³/mol. The summed E-state index contributed by atoms with van der Waals surface area (Å²) in [6.07, 6.45) is 6.83. The van der Waals surface area contributed by atoms with Crippen LogP contribution in [0, 0.1) is 41.9 Å². The van der Waals surface area contributed by atoms with Crippen LogP contribution in [0.4, 0.5) is 0 Å². The van der Waals surface area contributed by atoms with Gasteiger partial charge in [-0.05, 0) is 41.9 Å². The van der Waals surface area contributed by atoms with Crippen molar-refractivity contribution in [2.45, 2.75) is 41.5 Å². The molecule has 0 saturated heterocycles. The van der Waals surface area contributed by atoms with E-state index in [0.29, 0.717) is 0 Å². The van der Waals surface area contributed by atoms with Gasteiger partial charge in [-0.1, -0.05) is 41.5 Å². The Kier molecular flexibility index (Phi) is 5.24. The number of hydrogen-bond acceptors (Lipinski definition) is 0. The molecule has 0 aromatic heterocycles. The maximum Gasteiger partial charge on any atom is 1.00 e. The van der Waals surface area contributed by atoms with Crippen LogP contribution >= 0.6 is 0 Å². The third kappa shape index (κ3) is 3.87. The summed E-state index contributed by atoms with van der Waals surface area (Å²) in [5.41, 5.74) is 0.562. The number of hydrogen-bond donors (Lipinski definition) is 0. The van der Waals surface area contributed by atoms with Crippen LogP contribution in [0.3, 0.4) is 0 Å². The molecule has 1 rings (SSSR count). The molecule has 0 N–H and O–H groups in total. The maximum absolute atomic E-state index is 2.33. The summed E-state index contributed by atoms with van der Waals surface area (Å²) in [6, 6.07) is 0. The van der Waals surface area contributed by atoms with E-state index in [1.54, 1.807) is 0 Å². The summed E-state index contributed by atoms with van der Waals surface area (Å²) < 4.78 is 0. The van der Waals surface area contributed by atoms with Crippen LogP contribution in [0.5, 0.6) is 0 Å². The van der Waals surface area contributed by atoms with Crippen molar-refractivity contribution in [3.63, 3.8) is 0 Å². The average Bonchev–Trinajstić information content (AvgIpc) is 2.28. The van der Waals surface area contributed by atoms with Crippen molar-refractivity contribution in [1.29, 1.82) is 0 Å². The monoisotopic (exact) mass is 200 g/mol. The van der Waals surface area contributed by atoms with Crippen LogP contribution in [-0.4, -0.2) is 0 Å². The summed E-state index contributed by atoms with van der Waals surface area (Å²) in [5.74, 6) is 2.88. The maximum atomic E-state index is 2.33. The molecule has 1 saturated carbocycles. The minimum Gasteiger partial charge on any atom is -0.0596 e. The first-order chi connectivity index (χ1) is 5.71. The van der Waals surface area contributed by atoms with E-state index in [4.69, 9.17) is 0 Å². The van der Waals surface area contributed by atoms with Gasteiger partial charge in [-0.15, -0.1) is 0 Å². The molecule has 0 bridgehead atoms. The van der Waals surface area contributed by atoms with Gasteiger partial charge in [0.15, 0.2) is 0 Å². The van der Waals surface area contributed by atoms with Crippen LogP contribution in [0.1, 0.15) is 41.5 Å². The molecular formula is C13H21Na+. The third-order valence-corrected chi connectivity index (χ3v) is 2.49. The van der Waals surface area contributed by atoms with Crippen molar-refractivity contribution in [3.05, 3.63) is 31.1 Å². The van der Waals surface area contributed by atoms with Gasteiger partial charge in [0.05, 0.1) is 0 Å². The average molecular weight is 200 g/mol. The van der Waals surface area contributed by atoms with Crippen molar-refractivity contribution in [2.75, 3.05) is 0 Å². The fourth-order valence-electron chi connectivity index (χ4n) is 1.38. The minimum atomic E-state index is 0. The van der Waals surface area contributed by atoms with Crippen molar-refractivity contribution >= 4 is 0 Å². The van der Waals surface area contributed by atoms with Gasteiger partial charge < -0.3 is 0 Å². The summed E-state index contributed by atoms with van der Waals surface area (Å²) in [7, 11) is 0. The van der Waals surface area contributed by atoms with E-state index in [2.05, 4.69) is 60.8 Å². The van der Waals surface area contributed by atoms with E-state index in [0.717, 1.165) is 0 Å². The molecule has 0 unspecified atom stereocenters. The molecule has 1 heteroatoms. The summed E-state index contributed by atoms with van der Waals surface area (Å²) in [5, 5.41) is 0. The molecule has 0 nitrogen and oxygen atoms in total. The van der Waals surface area contributed by atoms with Crippen LogP contribution in [0.2, 0.25) is 0 Å². The molecule has 1 fully saturated rings. The SMILES string of the molecule is CC(C)(C)[C]1[CH][CH][C](C(C)(C)C)[CH]1.[Na+]. The molecule has 0 aliphatic heterocycles. The van der Waals surface area contributed by atoms with Crippen molar-refractivity contribution in [2.24, 2.45) is 10.8 Å². The normalized spacial score (nSPS) is 21.0. The fraction of sp³-hybridized carbons (Fsp3) is 0.615. The Morgan fingerprint density at radius 3 is 1.14 bits per heavy atom. The molecule has 0 heterocycles. The quantitative estimate of drug-likeness (QED) is 0.509. The summed E-state index contributed by atoms with van der Waals surface area (Å²) in [6.45, 7) is 13.6. The Hall–Kier alpha value is 1.00. The smallest absolute Gasteiger partial charge is 0.0596 e. The molecule has 1 aliphatic rings. The first kappa shape index (κ1) is 15.0. The molecular weight excluding hydrogens is 179 g/mol. The Morgan fingerprint density at radius 1 is 0.714 bits per heavy atom. The van der Waals surface area contributed by atoms with Crippen LogP contribution in [-0.2, 0) is 0 Å². The minimum absolute atomic E-state index is 0. The third-order valence-electron chi connectivity index (χ3n) is 2.49. The Labute approximate surface area is 113 Å². The van der Waals surface area contributed by atoms with Gasteiger partial charge >= 0.3 is 29.6 Å². The first-order valence-corrected chi connectivity index (χ1v) is 4.99. The summed E-state index contributed by atoms with van der Waals surface area (Å²) in [4.78, 5) is 0. The Bertz CT molecular complexity index is 151. The van der Waals surface area contributed by atoms with Crippen molar-refractivity contribution in [1.82, 2.24) is 0 Å². The molecule has 1 aliphatic carbocycles. The zero-order chi connectivity index (χ0) is 10.3. The zero-order valence-electron chi connectivity index (χ0n) is 10.7. The second-order valence-corrected chi connectivity index (χ2v) is 5.89.